The first kappa shape index (κ1) is 14.7. The number of para-hydroxylation sites is 1. The van der Waals surface area contributed by atoms with E-state index in [1.165, 1.54) is 0 Å². The molecule has 6 heteroatoms. The van der Waals surface area contributed by atoms with Crippen molar-refractivity contribution in [3.63, 3.8) is 0 Å². The molecule has 0 bridgehead atoms. The number of H-pyrrole nitrogens is 1. The molecule has 0 atom stereocenters. The Morgan fingerprint density at radius 1 is 1.29 bits per heavy atom. The van der Waals surface area contributed by atoms with Crippen LogP contribution in [0.5, 0.6) is 5.88 Å². The summed E-state index contributed by atoms with van der Waals surface area (Å²) in [5, 5.41) is 10.5. The molecule has 2 aromatic heterocycles. The number of fused-ring (bicyclic) bond motifs is 1. The molecule has 1 aromatic carbocycles. The standard InChI is InChI=1S/C18H15N3O2S/c1-11-14(13-6-2-3-7-15(13)19-11)9-16-17(22)21(18(24)20-16)10-12-5-4-8-23-12/h2-9,22H,10H2,1H3,(H,20,24)/b14-9-. The molecule has 24 heavy (non-hydrogen) atoms. The Bertz CT molecular complexity index is 1020. The fraction of sp³-hybridized carbons (Fsp3) is 0.111. The molecule has 0 saturated heterocycles. The number of aromatic hydroxyl groups is 1. The first-order valence-electron chi connectivity index (χ1n) is 7.54. The molecule has 5 nitrogen and oxygen atoms in total. The molecule has 1 aliphatic heterocycles. The van der Waals surface area contributed by atoms with Crippen LogP contribution in [0.2, 0.25) is 0 Å². The van der Waals surface area contributed by atoms with Crippen molar-refractivity contribution in [3.8, 4) is 5.88 Å². The van der Waals surface area contributed by atoms with E-state index < -0.39 is 0 Å². The molecule has 1 aliphatic rings. The summed E-state index contributed by atoms with van der Waals surface area (Å²) in [6.45, 7) is 2.33. The highest BCUT2D eigenvalue weighted by atomic mass is 32.1. The molecule has 2 N–H and O–H groups in total. The predicted octanol–water partition coefficient (Wildman–Crippen LogP) is 4.54. The van der Waals surface area contributed by atoms with E-state index in [0.717, 1.165) is 28.3 Å². The first-order valence-corrected chi connectivity index (χ1v) is 7.95. The number of aromatic amines is 1. The van der Waals surface area contributed by atoms with Gasteiger partial charge in [0.1, 0.15) is 11.5 Å². The van der Waals surface area contributed by atoms with Crippen molar-refractivity contribution in [1.29, 1.82) is 0 Å². The fourth-order valence-corrected chi connectivity index (χ4v) is 3.11. The van der Waals surface area contributed by atoms with Gasteiger partial charge in [0.05, 0.1) is 18.5 Å². The Kier molecular flexibility index (Phi) is 3.46. The van der Waals surface area contributed by atoms with Crippen molar-refractivity contribution < 1.29 is 9.52 Å². The molecule has 0 saturated carbocycles. The monoisotopic (exact) mass is 337 g/mol. The van der Waals surface area contributed by atoms with Gasteiger partial charge in [-0.05, 0) is 43.4 Å². The molecule has 0 unspecified atom stereocenters. The third-order valence-corrected chi connectivity index (χ3v) is 4.36. The summed E-state index contributed by atoms with van der Waals surface area (Å²) in [4.78, 5) is 7.61. The molecule has 0 fully saturated rings. The SMILES string of the molecule is CC1=Nc2ccccc2/C1=C\c1[nH]c(=S)n(Cc2ccco2)c1O. The third-order valence-electron chi connectivity index (χ3n) is 4.04. The van der Waals surface area contributed by atoms with Gasteiger partial charge in [-0.2, -0.15) is 0 Å². The first-order chi connectivity index (χ1) is 11.6. The Balaban J connectivity index is 1.76. The van der Waals surface area contributed by atoms with E-state index in [0.29, 0.717) is 17.0 Å². The highest BCUT2D eigenvalue weighted by Gasteiger charge is 2.19. The van der Waals surface area contributed by atoms with E-state index in [1.807, 2.05) is 43.3 Å². The summed E-state index contributed by atoms with van der Waals surface area (Å²) >= 11 is 5.33. The van der Waals surface area contributed by atoms with Gasteiger partial charge in [-0.1, -0.05) is 18.2 Å². The molecule has 0 aliphatic carbocycles. The second-order valence-electron chi connectivity index (χ2n) is 5.61. The van der Waals surface area contributed by atoms with Gasteiger partial charge in [0.15, 0.2) is 4.77 Å². The summed E-state index contributed by atoms with van der Waals surface area (Å²) < 4.78 is 7.37. The molecule has 0 radical (unpaired) electrons. The van der Waals surface area contributed by atoms with Gasteiger partial charge in [-0.15, -0.1) is 0 Å². The van der Waals surface area contributed by atoms with Crippen molar-refractivity contribution in [2.24, 2.45) is 4.99 Å². The summed E-state index contributed by atoms with van der Waals surface area (Å²) in [6.07, 6.45) is 3.48. The lowest BCUT2D eigenvalue weighted by atomic mass is 10.0. The lowest BCUT2D eigenvalue weighted by Gasteiger charge is -2.03. The maximum Gasteiger partial charge on any atom is 0.218 e. The minimum Gasteiger partial charge on any atom is -0.493 e. The average Bonchev–Trinajstić information content (AvgIpc) is 3.25. The number of rotatable bonds is 3. The predicted molar refractivity (Wildman–Crippen MR) is 96.2 cm³/mol. The van der Waals surface area contributed by atoms with Crippen LogP contribution in [0, 0.1) is 4.77 Å². The quantitative estimate of drug-likeness (QED) is 0.690. The zero-order valence-corrected chi connectivity index (χ0v) is 13.8. The van der Waals surface area contributed by atoms with E-state index in [1.54, 1.807) is 16.9 Å². The normalized spacial score (nSPS) is 14.9. The maximum absolute atomic E-state index is 10.5. The molecule has 3 aromatic rings. The number of imidazole rings is 1. The maximum atomic E-state index is 10.5. The number of aliphatic imine (C=N–C) groups is 1. The highest BCUT2D eigenvalue weighted by Crippen LogP contribution is 2.36. The second kappa shape index (κ2) is 5.65. The van der Waals surface area contributed by atoms with Crippen LogP contribution >= 0.6 is 12.2 Å². The topological polar surface area (TPSA) is 66.5 Å². The van der Waals surface area contributed by atoms with E-state index in [-0.39, 0.29) is 5.88 Å². The minimum absolute atomic E-state index is 0.0843. The van der Waals surface area contributed by atoms with Crippen molar-refractivity contribution in [2.45, 2.75) is 13.5 Å². The summed E-state index contributed by atoms with van der Waals surface area (Å²) in [5.74, 6) is 0.810. The van der Waals surface area contributed by atoms with E-state index in [9.17, 15) is 5.11 Å². The molecule has 120 valence electrons. The summed E-state index contributed by atoms with van der Waals surface area (Å²) in [6, 6.07) is 11.6. The number of nitrogens with one attached hydrogen (secondary N) is 1. The van der Waals surface area contributed by atoms with Crippen LogP contribution in [-0.4, -0.2) is 20.4 Å². The van der Waals surface area contributed by atoms with Crippen LogP contribution < -0.4 is 0 Å². The summed E-state index contributed by atoms with van der Waals surface area (Å²) in [7, 11) is 0. The van der Waals surface area contributed by atoms with Crippen LogP contribution in [0.1, 0.15) is 23.9 Å². The Morgan fingerprint density at radius 2 is 2.12 bits per heavy atom. The van der Waals surface area contributed by atoms with Gasteiger partial charge in [-0.25, -0.2) is 0 Å². The van der Waals surface area contributed by atoms with Crippen molar-refractivity contribution in [3.05, 3.63) is 64.5 Å². The molecule has 4 rings (SSSR count). The van der Waals surface area contributed by atoms with Crippen molar-refractivity contribution >= 4 is 35.3 Å². The van der Waals surface area contributed by atoms with E-state index in [4.69, 9.17) is 16.6 Å². The van der Waals surface area contributed by atoms with Crippen molar-refractivity contribution in [2.75, 3.05) is 0 Å². The number of furan rings is 1. The van der Waals surface area contributed by atoms with Gasteiger partial charge in [0, 0.05) is 16.8 Å². The van der Waals surface area contributed by atoms with E-state index in [2.05, 4.69) is 9.98 Å². The molecule has 0 spiro atoms. The number of aromatic nitrogens is 2. The van der Waals surface area contributed by atoms with Gasteiger partial charge in [-0.3, -0.25) is 9.56 Å². The number of hydrogen-bond acceptors (Lipinski definition) is 4. The summed E-state index contributed by atoms with van der Waals surface area (Å²) in [5.41, 5.74) is 4.44. The Labute approximate surface area is 143 Å². The molecular weight excluding hydrogens is 322 g/mol. The number of nitrogens with zero attached hydrogens (tertiary/aromatic N) is 2. The lowest BCUT2D eigenvalue weighted by molar-refractivity contribution is 0.407. The van der Waals surface area contributed by atoms with Crippen LogP contribution in [0.15, 0.2) is 52.1 Å². The van der Waals surface area contributed by atoms with Crippen LogP contribution in [-0.2, 0) is 6.54 Å². The minimum atomic E-state index is 0.0843. The Morgan fingerprint density at radius 3 is 2.92 bits per heavy atom. The smallest absolute Gasteiger partial charge is 0.218 e. The average molecular weight is 337 g/mol. The number of benzene rings is 1. The van der Waals surface area contributed by atoms with Crippen LogP contribution in [0.25, 0.3) is 11.6 Å². The molecule has 3 heterocycles. The second-order valence-corrected chi connectivity index (χ2v) is 5.99. The van der Waals surface area contributed by atoms with Crippen LogP contribution in [0.3, 0.4) is 0 Å². The highest BCUT2D eigenvalue weighted by molar-refractivity contribution is 7.71. The zero-order chi connectivity index (χ0) is 16.7. The number of hydrogen-bond donors (Lipinski definition) is 2. The molecular formula is C18H15N3O2S. The lowest BCUT2D eigenvalue weighted by Crippen LogP contribution is -1.97. The van der Waals surface area contributed by atoms with Crippen LogP contribution in [0.4, 0.5) is 5.69 Å². The van der Waals surface area contributed by atoms with Gasteiger partial charge < -0.3 is 14.5 Å². The van der Waals surface area contributed by atoms with Gasteiger partial charge in [0.2, 0.25) is 5.88 Å². The van der Waals surface area contributed by atoms with Gasteiger partial charge in [0.25, 0.3) is 0 Å². The third kappa shape index (κ3) is 2.41. The van der Waals surface area contributed by atoms with Crippen molar-refractivity contribution in [1.82, 2.24) is 9.55 Å². The van der Waals surface area contributed by atoms with E-state index >= 15 is 0 Å². The Hall–Kier alpha value is -2.86. The van der Waals surface area contributed by atoms with Gasteiger partial charge >= 0.3 is 0 Å². The fourth-order valence-electron chi connectivity index (χ4n) is 2.85. The largest absolute Gasteiger partial charge is 0.493 e. The number of allylic oxidation sites excluding steroid dienone is 1. The molecule has 0 amide bonds. The zero-order valence-electron chi connectivity index (χ0n) is 13.0.